The van der Waals surface area contributed by atoms with Gasteiger partial charge in [0, 0.05) is 12.3 Å². The lowest BCUT2D eigenvalue weighted by Gasteiger charge is -2.43. The van der Waals surface area contributed by atoms with Gasteiger partial charge in [-0.1, -0.05) is 64.1 Å². The van der Waals surface area contributed by atoms with Gasteiger partial charge < -0.3 is 24.6 Å². The minimum absolute atomic E-state index is 0.0853. The van der Waals surface area contributed by atoms with E-state index < -0.39 is 18.4 Å². The third kappa shape index (κ3) is 6.91. The lowest BCUT2D eigenvalue weighted by atomic mass is 9.79. The molecule has 168 valence electrons. The molecule has 2 rings (SSSR count). The largest absolute Gasteiger partial charge is 0.387 e. The predicted molar refractivity (Wildman–Crippen MR) is 117 cm³/mol. The van der Waals surface area contributed by atoms with E-state index in [0.717, 1.165) is 5.56 Å². The standard InChI is InChI=1S/C24H37NO5/c1-6-21(26)20(25-23(27)7-2)14-29-24-18(5)16(3)17(4)22(30-24)15-28-13-19-11-9-8-10-12-19/h6,8-12,16-18,20-22,24,26H,1,7,13-15H2,2-5H3,(H,25,27)/t16-,17+,18?,20-,21+,22?,24+/m0/s1. The first-order valence-corrected chi connectivity index (χ1v) is 10.9. The molecule has 7 atom stereocenters. The summed E-state index contributed by atoms with van der Waals surface area (Å²) in [6.07, 6.45) is 0.338. The summed E-state index contributed by atoms with van der Waals surface area (Å²) in [7, 11) is 0. The van der Waals surface area contributed by atoms with Gasteiger partial charge in [0.15, 0.2) is 6.29 Å². The van der Waals surface area contributed by atoms with Crippen LogP contribution in [0.3, 0.4) is 0 Å². The van der Waals surface area contributed by atoms with E-state index >= 15 is 0 Å². The Morgan fingerprint density at radius 2 is 1.93 bits per heavy atom. The summed E-state index contributed by atoms with van der Waals surface area (Å²) in [5.41, 5.74) is 1.13. The first kappa shape index (κ1) is 24.5. The minimum Gasteiger partial charge on any atom is -0.387 e. The number of carbonyl (C=O) groups is 1. The minimum atomic E-state index is -0.888. The van der Waals surface area contributed by atoms with Gasteiger partial charge in [0.1, 0.15) is 0 Å². The molecule has 0 aromatic heterocycles. The van der Waals surface area contributed by atoms with Crippen LogP contribution in [0.25, 0.3) is 0 Å². The molecule has 6 nitrogen and oxygen atoms in total. The molecular formula is C24H37NO5. The number of hydrogen-bond donors (Lipinski definition) is 2. The third-order valence-corrected chi connectivity index (χ3v) is 6.14. The first-order chi connectivity index (χ1) is 14.4. The fourth-order valence-corrected chi connectivity index (χ4v) is 3.63. The molecule has 0 aliphatic carbocycles. The average Bonchev–Trinajstić information content (AvgIpc) is 2.77. The summed E-state index contributed by atoms with van der Waals surface area (Å²) in [5.74, 6) is 0.733. The van der Waals surface area contributed by atoms with Gasteiger partial charge >= 0.3 is 0 Å². The number of benzene rings is 1. The highest BCUT2D eigenvalue weighted by Crippen LogP contribution is 2.35. The maximum atomic E-state index is 11.8. The molecule has 2 unspecified atom stereocenters. The van der Waals surface area contributed by atoms with E-state index in [4.69, 9.17) is 14.2 Å². The molecule has 1 heterocycles. The second-order valence-electron chi connectivity index (χ2n) is 8.21. The van der Waals surface area contributed by atoms with E-state index in [1.54, 1.807) is 6.92 Å². The van der Waals surface area contributed by atoms with Crippen LogP contribution in [-0.4, -0.2) is 48.8 Å². The molecular weight excluding hydrogens is 382 g/mol. The molecule has 1 aliphatic rings. The van der Waals surface area contributed by atoms with Gasteiger partial charge in [-0.15, -0.1) is 6.58 Å². The van der Waals surface area contributed by atoms with Gasteiger partial charge in [0.05, 0.1) is 38.1 Å². The number of ether oxygens (including phenoxy) is 3. The lowest BCUT2D eigenvalue weighted by molar-refractivity contribution is -0.259. The van der Waals surface area contributed by atoms with E-state index in [1.165, 1.54) is 6.08 Å². The summed E-state index contributed by atoms with van der Waals surface area (Å²) < 4.78 is 18.2. The summed E-state index contributed by atoms with van der Waals surface area (Å²) in [4.78, 5) is 11.8. The normalized spacial score (nSPS) is 28.5. The van der Waals surface area contributed by atoms with Crippen LogP contribution >= 0.6 is 0 Å². The number of rotatable bonds is 11. The van der Waals surface area contributed by atoms with E-state index in [2.05, 4.69) is 32.7 Å². The zero-order valence-electron chi connectivity index (χ0n) is 18.6. The van der Waals surface area contributed by atoms with Crippen LogP contribution in [0.15, 0.2) is 43.0 Å². The molecule has 1 aromatic carbocycles. The maximum Gasteiger partial charge on any atom is 0.220 e. The van der Waals surface area contributed by atoms with Crippen molar-refractivity contribution in [3.8, 4) is 0 Å². The fraction of sp³-hybridized carbons (Fsp3) is 0.625. The number of hydrogen-bond acceptors (Lipinski definition) is 5. The lowest BCUT2D eigenvalue weighted by Crippen LogP contribution is -2.51. The van der Waals surface area contributed by atoms with Crippen LogP contribution < -0.4 is 5.32 Å². The molecule has 0 spiro atoms. The molecule has 30 heavy (non-hydrogen) atoms. The van der Waals surface area contributed by atoms with Gasteiger partial charge in [-0.05, 0) is 17.4 Å². The Kier molecular flexibility index (Phi) is 9.98. The monoisotopic (exact) mass is 419 g/mol. The summed E-state index contributed by atoms with van der Waals surface area (Å²) >= 11 is 0. The van der Waals surface area contributed by atoms with Crippen molar-refractivity contribution in [3.63, 3.8) is 0 Å². The zero-order chi connectivity index (χ0) is 22.1. The summed E-state index contributed by atoms with van der Waals surface area (Å²) in [6.45, 7) is 13.0. The smallest absolute Gasteiger partial charge is 0.220 e. The summed E-state index contributed by atoms with van der Waals surface area (Å²) in [6, 6.07) is 9.50. The third-order valence-electron chi connectivity index (χ3n) is 6.14. The molecule has 2 N–H and O–H groups in total. The van der Waals surface area contributed by atoms with Gasteiger partial charge in [-0.25, -0.2) is 0 Å². The summed E-state index contributed by atoms with van der Waals surface area (Å²) in [5, 5.41) is 12.9. The fourth-order valence-electron chi connectivity index (χ4n) is 3.63. The number of aliphatic hydroxyl groups is 1. The van der Waals surface area contributed by atoms with E-state index in [0.29, 0.717) is 31.5 Å². The predicted octanol–water partition coefficient (Wildman–Crippen LogP) is 3.29. The Morgan fingerprint density at radius 3 is 2.57 bits per heavy atom. The van der Waals surface area contributed by atoms with E-state index in [-0.39, 0.29) is 24.5 Å². The van der Waals surface area contributed by atoms with Crippen molar-refractivity contribution in [1.82, 2.24) is 5.32 Å². The average molecular weight is 420 g/mol. The van der Waals surface area contributed by atoms with Gasteiger partial charge in [-0.2, -0.15) is 0 Å². The van der Waals surface area contributed by atoms with Crippen molar-refractivity contribution in [2.45, 2.75) is 65.3 Å². The number of aliphatic hydroxyl groups excluding tert-OH is 1. The zero-order valence-corrected chi connectivity index (χ0v) is 18.6. The molecule has 6 heteroatoms. The van der Waals surface area contributed by atoms with E-state index in [1.807, 2.05) is 30.3 Å². The van der Waals surface area contributed by atoms with Crippen molar-refractivity contribution in [3.05, 3.63) is 48.6 Å². The van der Waals surface area contributed by atoms with Gasteiger partial charge in [-0.3, -0.25) is 4.79 Å². The van der Waals surface area contributed by atoms with Crippen molar-refractivity contribution >= 4 is 5.91 Å². The quantitative estimate of drug-likeness (QED) is 0.538. The molecule has 1 amide bonds. The maximum absolute atomic E-state index is 11.8. The number of amides is 1. The second-order valence-corrected chi connectivity index (χ2v) is 8.21. The molecule has 1 fully saturated rings. The highest BCUT2D eigenvalue weighted by atomic mass is 16.7. The molecule has 1 saturated heterocycles. The Labute approximate surface area is 180 Å². The Bertz CT molecular complexity index is 652. The van der Waals surface area contributed by atoms with E-state index in [9.17, 15) is 9.90 Å². The highest BCUT2D eigenvalue weighted by Gasteiger charge is 2.40. The Hall–Kier alpha value is -1.73. The molecule has 0 saturated carbocycles. The number of carbonyl (C=O) groups excluding carboxylic acids is 1. The topological polar surface area (TPSA) is 77.0 Å². The Morgan fingerprint density at radius 1 is 1.23 bits per heavy atom. The SMILES string of the molecule is C=C[C@@H](O)[C@H](CO[C@@H]1OC(COCc2ccccc2)[C@H](C)[C@H](C)C1C)NC(=O)CC. The number of nitrogens with one attached hydrogen (secondary N) is 1. The highest BCUT2D eigenvalue weighted by molar-refractivity contribution is 5.75. The van der Waals surface area contributed by atoms with Crippen LogP contribution in [0.5, 0.6) is 0 Å². The molecule has 1 aromatic rings. The van der Waals surface area contributed by atoms with Crippen LogP contribution in [0.1, 0.15) is 39.7 Å². The van der Waals surface area contributed by atoms with Crippen molar-refractivity contribution in [1.29, 1.82) is 0 Å². The molecule has 0 bridgehead atoms. The van der Waals surface area contributed by atoms with Crippen LogP contribution in [0, 0.1) is 17.8 Å². The first-order valence-electron chi connectivity index (χ1n) is 10.9. The van der Waals surface area contributed by atoms with Crippen LogP contribution in [0.4, 0.5) is 0 Å². The van der Waals surface area contributed by atoms with Crippen molar-refractivity contribution in [2.75, 3.05) is 13.2 Å². The van der Waals surface area contributed by atoms with Crippen molar-refractivity contribution in [2.24, 2.45) is 17.8 Å². The molecule has 0 radical (unpaired) electrons. The molecule has 1 aliphatic heterocycles. The Balaban J connectivity index is 1.93. The van der Waals surface area contributed by atoms with Crippen LogP contribution in [0.2, 0.25) is 0 Å². The van der Waals surface area contributed by atoms with Crippen LogP contribution in [-0.2, 0) is 25.6 Å². The van der Waals surface area contributed by atoms with Gasteiger partial charge in [0.25, 0.3) is 0 Å². The van der Waals surface area contributed by atoms with Crippen molar-refractivity contribution < 1.29 is 24.1 Å². The second kappa shape index (κ2) is 12.2. The van der Waals surface area contributed by atoms with Gasteiger partial charge in [0.2, 0.25) is 5.91 Å².